The molecule has 0 heterocycles. The maximum atomic E-state index is 6.27. The molecular formula is C18H22ClNO. The van der Waals surface area contributed by atoms with Gasteiger partial charge in [0.25, 0.3) is 0 Å². The number of hydrogen-bond donors (Lipinski definition) is 1. The third-order valence-electron chi connectivity index (χ3n) is 3.43. The van der Waals surface area contributed by atoms with Crippen LogP contribution in [0.4, 0.5) is 0 Å². The Labute approximate surface area is 132 Å². The molecule has 1 atom stereocenters. The lowest BCUT2D eigenvalue weighted by Crippen LogP contribution is -2.23. The van der Waals surface area contributed by atoms with Crippen molar-refractivity contribution in [3.05, 3.63) is 64.7 Å². The first-order chi connectivity index (χ1) is 10.2. The summed E-state index contributed by atoms with van der Waals surface area (Å²) in [6, 6.07) is 16.6. The Bertz CT molecular complexity index is 553. The highest BCUT2D eigenvalue weighted by Gasteiger charge is 2.13. The standard InChI is InChI=1S/C18H22ClNO/c1-3-20-18(13-15-7-5-6-8-17(15)19)14-9-11-16(12-10-14)21-4-2/h5-12,18,20H,3-4,13H2,1-2H3. The minimum Gasteiger partial charge on any atom is -0.494 e. The molecule has 2 aromatic rings. The minimum atomic E-state index is 0.255. The molecule has 0 fully saturated rings. The fraction of sp³-hybridized carbons (Fsp3) is 0.333. The van der Waals surface area contributed by atoms with E-state index in [0.717, 1.165) is 23.7 Å². The van der Waals surface area contributed by atoms with Crippen LogP contribution in [0.1, 0.15) is 31.0 Å². The van der Waals surface area contributed by atoms with E-state index in [-0.39, 0.29) is 6.04 Å². The van der Waals surface area contributed by atoms with Crippen LogP contribution in [-0.2, 0) is 6.42 Å². The zero-order chi connectivity index (χ0) is 15.1. The summed E-state index contributed by atoms with van der Waals surface area (Å²) in [6.07, 6.45) is 0.876. The zero-order valence-electron chi connectivity index (χ0n) is 12.6. The van der Waals surface area contributed by atoms with E-state index in [2.05, 4.69) is 30.4 Å². The van der Waals surface area contributed by atoms with Gasteiger partial charge >= 0.3 is 0 Å². The maximum Gasteiger partial charge on any atom is 0.119 e. The van der Waals surface area contributed by atoms with Gasteiger partial charge in [-0.3, -0.25) is 0 Å². The average Bonchev–Trinajstić information content (AvgIpc) is 2.50. The zero-order valence-corrected chi connectivity index (χ0v) is 13.4. The van der Waals surface area contributed by atoms with Crippen molar-refractivity contribution >= 4 is 11.6 Å². The second kappa shape index (κ2) is 8.06. The molecule has 0 aliphatic carbocycles. The van der Waals surface area contributed by atoms with Crippen LogP contribution in [0.5, 0.6) is 5.75 Å². The minimum absolute atomic E-state index is 0.255. The molecule has 0 saturated carbocycles. The monoisotopic (exact) mass is 303 g/mol. The van der Waals surface area contributed by atoms with Crippen LogP contribution in [0.2, 0.25) is 5.02 Å². The number of benzene rings is 2. The van der Waals surface area contributed by atoms with Gasteiger partial charge in [0.1, 0.15) is 5.75 Å². The summed E-state index contributed by atoms with van der Waals surface area (Å²) in [5.74, 6) is 0.911. The van der Waals surface area contributed by atoms with Crippen LogP contribution >= 0.6 is 11.6 Å². The molecule has 1 unspecified atom stereocenters. The predicted octanol–water partition coefficient (Wildman–Crippen LogP) is 4.63. The number of nitrogens with one attached hydrogen (secondary N) is 1. The number of hydrogen-bond acceptors (Lipinski definition) is 2. The molecule has 21 heavy (non-hydrogen) atoms. The Balaban J connectivity index is 2.16. The predicted molar refractivity (Wildman–Crippen MR) is 89.2 cm³/mol. The lowest BCUT2D eigenvalue weighted by atomic mass is 9.98. The summed E-state index contributed by atoms with van der Waals surface area (Å²) in [5, 5.41) is 4.35. The lowest BCUT2D eigenvalue weighted by Gasteiger charge is -2.19. The normalized spacial score (nSPS) is 12.1. The molecule has 112 valence electrons. The second-order valence-electron chi connectivity index (χ2n) is 4.91. The highest BCUT2D eigenvalue weighted by Crippen LogP contribution is 2.25. The van der Waals surface area contributed by atoms with Gasteiger partial charge in [0.2, 0.25) is 0 Å². The fourth-order valence-electron chi connectivity index (χ4n) is 2.40. The van der Waals surface area contributed by atoms with Crippen molar-refractivity contribution in [3.63, 3.8) is 0 Å². The topological polar surface area (TPSA) is 21.3 Å². The molecule has 0 radical (unpaired) electrons. The number of ether oxygens (including phenoxy) is 1. The number of halogens is 1. The van der Waals surface area contributed by atoms with Gasteiger partial charge in [0.05, 0.1) is 6.61 Å². The Morgan fingerprint density at radius 2 is 1.76 bits per heavy atom. The molecule has 0 aliphatic heterocycles. The highest BCUT2D eigenvalue weighted by molar-refractivity contribution is 6.31. The van der Waals surface area contributed by atoms with Crippen LogP contribution < -0.4 is 10.1 Å². The van der Waals surface area contributed by atoms with E-state index < -0.39 is 0 Å². The van der Waals surface area contributed by atoms with E-state index in [1.165, 1.54) is 11.1 Å². The number of rotatable bonds is 7. The molecule has 3 heteroatoms. The molecule has 0 bridgehead atoms. The van der Waals surface area contributed by atoms with Gasteiger partial charge < -0.3 is 10.1 Å². The summed E-state index contributed by atoms with van der Waals surface area (Å²) < 4.78 is 5.50. The van der Waals surface area contributed by atoms with Crippen LogP contribution in [0.3, 0.4) is 0 Å². The summed E-state index contributed by atoms with van der Waals surface area (Å²) in [5.41, 5.74) is 2.42. The van der Waals surface area contributed by atoms with Gasteiger partial charge in [-0.15, -0.1) is 0 Å². The van der Waals surface area contributed by atoms with Crippen molar-refractivity contribution in [2.45, 2.75) is 26.3 Å². The van der Waals surface area contributed by atoms with Gasteiger partial charge in [-0.1, -0.05) is 48.9 Å². The number of likely N-dealkylation sites (N-methyl/N-ethyl adjacent to an activating group) is 1. The van der Waals surface area contributed by atoms with Gasteiger partial charge in [-0.2, -0.15) is 0 Å². The lowest BCUT2D eigenvalue weighted by molar-refractivity contribution is 0.340. The Morgan fingerprint density at radius 1 is 1.05 bits per heavy atom. The first kappa shape index (κ1) is 15.9. The average molecular weight is 304 g/mol. The van der Waals surface area contributed by atoms with Gasteiger partial charge in [0, 0.05) is 11.1 Å². The van der Waals surface area contributed by atoms with Crippen molar-refractivity contribution in [1.82, 2.24) is 5.32 Å². The summed E-state index contributed by atoms with van der Waals surface area (Å²) in [7, 11) is 0. The molecule has 0 saturated heterocycles. The van der Waals surface area contributed by atoms with Crippen molar-refractivity contribution in [2.24, 2.45) is 0 Å². The van der Waals surface area contributed by atoms with Crippen molar-refractivity contribution in [2.75, 3.05) is 13.2 Å². The largest absolute Gasteiger partial charge is 0.494 e. The molecule has 0 aromatic heterocycles. The van der Waals surface area contributed by atoms with Gasteiger partial charge in [-0.25, -0.2) is 0 Å². The van der Waals surface area contributed by atoms with Gasteiger partial charge in [0.15, 0.2) is 0 Å². The first-order valence-electron chi connectivity index (χ1n) is 7.44. The SMILES string of the molecule is CCNC(Cc1ccccc1Cl)c1ccc(OCC)cc1. The molecule has 0 spiro atoms. The maximum absolute atomic E-state index is 6.27. The molecular weight excluding hydrogens is 282 g/mol. The van der Waals surface area contributed by atoms with Crippen molar-refractivity contribution in [3.8, 4) is 5.75 Å². The highest BCUT2D eigenvalue weighted by atomic mass is 35.5. The Kier molecular flexibility index (Phi) is 6.09. The molecule has 1 N–H and O–H groups in total. The van der Waals surface area contributed by atoms with Gasteiger partial charge in [-0.05, 0) is 49.2 Å². The summed E-state index contributed by atoms with van der Waals surface area (Å²) >= 11 is 6.27. The van der Waals surface area contributed by atoms with Crippen LogP contribution in [0.15, 0.2) is 48.5 Å². The third kappa shape index (κ3) is 4.48. The Morgan fingerprint density at radius 3 is 2.38 bits per heavy atom. The summed E-state index contributed by atoms with van der Waals surface area (Å²) in [4.78, 5) is 0. The molecule has 0 amide bonds. The second-order valence-corrected chi connectivity index (χ2v) is 5.32. The molecule has 0 aliphatic rings. The van der Waals surface area contributed by atoms with E-state index >= 15 is 0 Å². The first-order valence-corrected chi connectivity index (χ1v) is 7.82. The summed E-state index contributed by atoms with van der Waals surface area (Å²) in [6.45, 7) is 5.72. The van der Waals surface area contributed by atoms with E-state index in [1.807, 2.05) is 37.3 Å². The van der Waals surface area contributed by atoms with E-state index in [9.17, 15) is 0 Å². The quantitative estimate of drug-likeness (QED) is 0.805. The smallest absolute Gasteiger partial charge is 0.119 e. The van der Waals surface area contributed by atoms with E-state index in [0.29, 0.717) is 6.61 Å². The van der Waals surface area contributed by atoms with Crippen LogP contribution in [0.25, 0.3) is 0 Å². The van der Waals surface area contributed by atoms with Crippen LogP contribution in [0, 0.1) is 0 Å². The van der Waals surface area contributed by atoms with Crippen molar-refractivity contribution in [1.29, 1.82) is 0 Å². The van der Waals surface area contributed by atoms with Crippen molar-refractivity contribution < 1.29 is 4.74 Å². The van der Waals surface area contributed by atoms with E-state index in [1.54, 1.807) is 0 Å². The fourth-order valence-corrected chi connectivity index (χ4v) is 2.61. The third-order valence-corrected chi connectivity index (χ3v) is 3.79. The van der Waals surface area contributed by atoms with Crippen LogP contribution in [-0.4, -0.2) is 13.2 Å². The molecule has 2 rings (SSSR count). The molecule has 2 aromatic carbocycles. The molecule has 2 nitrogen and oxygen atoms in total. The Hall–Kier alpha value is -1.51. The van der Waals surface area contributed by atoms with E-state index in [4.69, 9.17) is 16.3 Å².